The van der Waals surface area contributed by atoms with Gasteiger partial charge in [-0.05, 0) is 35.9 Å². The van der Waals surface area contributed by atoms with Crippen LogP contribution in [0, 0.1) is 0 Å². The molecule has 0 atom stereocenters. The Balaban J connectivity index is 1.78. The number of alkyl halides is 3. The van der Waals surface area contributed by atoms with Crippen LogP contribution < -0.4 is 10.6 Å². The van der Waals surface area contributed by atoms with Crippen molar-refractivity contribution in [2.24, 2.45) is 0 Å². The Labute approximate surface area is 176 Å². The minimum Gasteiger partial charge on any atom is -0.345 e. The maximum atomic E-state index is 12.2. The number of halogens is 3. The van der Waals surface area contributed by atoms with E-state index >= 15 is 0 Å². The number of fused-ring (bicyclic) bond motifs is 1. The van der Waals surface area contributed by atoms with E-state index < -0.39 is 18.8 Å². The zero-order valence-electron chi connectivity index (χ0n) is 16.8. The number of carbonyl (C=O) groups is 2. The van der Waals surface area contributed by atoms with E-state index in [-0.39, 0.29) is 5.91 Å². The van der Waals surface area contributed by atoms with Gasteiger partial charge in [-0.25, -0.2) is 9.78 Å². The van der Waals surface area contributed by atoms with Gasteiger partial charge in [-0.15, -0.1) is 0 Å². The number of hydrogen-bond acceptors (Lipinski definition) is 3. The first-order chi connectivity index (χ1) is 14.6. The van der Waals surface area contributed by atoms with Crippen molar-refractivity contribution in [2.45, 2.75) is 6.18 Å². The van der Waals surface area contributed by atoms with Crippen LogP contribution in [-0.4, -0.2) is 53.0 Å². The third-order valence-electron chi connectivity index (χ3n) is 4.26. The van der Waals surface area contributed by atoms with E-state index in [0.29, 0.717) is 16.9 Å². The highest BCUT2D eigenvalue weighted by molar-refractivity contribution is 5.91. The Morgan fingerprint density at radius 3 is 2.68 bits per heavy atom. The molecule has 0 saturated carbocycles. The molecule has 1 aromatic carbocycles. The first kappa shape index (κ1) is 21.9. The second-order valence-corrected chi connectivity index (χ2v) is 6.90. The molecule has 0 aliphatic heterocycles. The van der Waals surface area contributed by atoms with Gasteiger partial charge in [0.05, 0.1) is 11.9 Å². The van der Waals surface area contributed by atoms with Crippen molar-refractivity contribution >= 4 is 29.3 Å². The summed E-state index contributed by atoms with van der Waals surface area (Å²) in [6, 6.07) is 9.38. The topological polar surface area (TPSA) is 78.7 Å². The van der Waals surface area contributed by atoms with Crippen LogP contribution in [0.2, 0.25) is 0 Å². The third-order valence-corrected chi connectivity index (χ3v) is 4.26. The second kappa shape index (κ2) is 8.90. The number of imidazole rings is 1. The van der Waals surface area contributed by atoms with Gasteiger partial charge in [0.15, 0.2) is 0 Å². The molecule has 2 aromatic heterocycles. The second-order valence-electron chi connectivity index (χ2n) is 6.90. The number of likely N-dealkylation sites (N-methyl/N-ethyl adjacent to an activating group) is 1. The van der Waals surface area contributed by atoms with E-state index in [9.17, 15) is 22.8 Å². The number of hydrogen-bond donors (Lipinski definition) is 2. The van der Waals surface area contributed by atoms with Crippen LogP contribution in [0.3, 0.4) is 0 Å². The lowest BCUT2D eigenvalue weighted by atomic mass is 10.1. The highest BCUT2D eigenvalue weighted by atomic mass is 19.4. The molecule has 31 heavy (non-hydrogen) atoms. The molecule has 0 spiro atoms. The predicted molar refractivity (Wildman–Crippen MR) is 111 cm³/mol. The molecule has 0 fully saturated rings. The number of carbonyl (C=O) groups excluding carboxylic acids is 2. The van der Waals surface area contributed by atoms with Gasteiger partial charge in [-0.1, -0.05) is 12.1 Å². The molecule has 0 saturated heterocycles. The average molecular weight is 431 g/mol. The molecule has 0 aliphatic rings. The van der Waals surface area contributed by atoms with Gasteiger partial charge in [0.2, 0.25) is 5.91 Å². The van der Waals surface area contributed by atoms with Crippen LogP contribution in [0.5, 0.6) is 0 Å². The number of amides is 3. The highest BCUT2D eigenvalue weighted by Gasteiger charge is 2.27. The van der Waals surface area contributed by atoms with Crippen LogP contribution in [0.1, 0.15) is 5.56 Å². The van der Waals surface area contributed by atoms with E-state index in [1.807, 2.05) is 16.5 Å². The fourth-order valence-electron chi connectivity index (χ4n) is 2.74. The molecule has 3 rings (SSSR count). The highest BCUT2D eigenvalue weighted by Crippen LogP contribution is 2.24. The lowest BCUT2D eigenvalue weighted by Crippen LogP contribution is -2.36. The van der Waals surface area contributed by atoms with Crippen LogP contribution in [-0.2, 0) is 4.79 Å². The molecular formula is C21H20F3N5O2. The summed E-state index contributed by atoms with van der Waals surface area (Å²) in [7, 11) is 3.33. The van der Waals surface area contributed by atoms with Gasteiger partial charge in [-0.2, -0.15) is 13.2 Å². The van der Waals surface area contributed by atoms with E-state index in [4.69, 9.17) is 0 Å². The number of nitrogens with zero attached hydrogens (tertiary/aromatic N) is 3. The summed E-state index contributed by atoms with van der Waals surface area (Å²) in [6.07, 6.45) is 2.13. The Bertz CT molecular complexity index is 1140. The van der Waals surface area contributed by atoms with Crippen LogP contribution in [0.15, 0.2) is 54.9 Å². The number of rotatable bonds is 5. The van der Waals surface area contributed by atoms with E-state index in [1.165, 1.54) is 11.0 Å². The molecule has 3 amide bonds. The van der Waals surface area contributed by atoms with Crippen molar-refractivity contribution in [1.29, 1.82) is 0 Å². The number of pyridine rings is 1. The minimum absolute atomic E-state index is 0.132. The van der Waals surface area contributed by atoms with Gasteiger partial charge in [0.1, 0.15) is 12.2 Å². The number of aromatic nitrogens is 2. The fourth-order valence-corrected chi connectivity index (χ4v) is 2.74. The van der Waals surface area contributed by atoms with E-state index in [1.54, 1.807) is 62.1 Å². The fraction of sp³-hybridized carbons (Fsp3) is 0.190. The predicted octanol–water partition coefficient (Wildman–Crippen LogP) is 3.79. The van der Waals surface area contributed by atoms with Crippen molar-refractivity contribution in [3.63, 3.8) is 0 Å². The zero-order valence-corrected chi connectivity index (χ0v) is 16.8. The normalized spacial score (nSPS) is 11.6. The molecular weight excluding hydrogens is 411 g/mol. The van der Waals surface area contributed by atoms with Crippen LogP contribution in [0.4, 0.5) is 23.7 Å². The van der Waals surface area contributed by atoms with Crippen molar-refractivity contribution in [3.05, 3.63) is 60.4 Å². The van der Waals surface area contributed by atoms with Gasteiger partial charge in [0.25, 0.3) is 0 Å². The van der Waals surface area contributed by atoms with Gasteiger partial charge in [0, 0.05) is 37.6 Å². The number of anilines is 1. The first-order valence-electron chi connectivity index (χ1n) is 9.21. The third kappa shape index (κ3) is 5.84. The van der Waals surface area contributed by atoms with Crippen LogP contribution >= 0.6 is 0 Å². The molecule has 3 aromatic rings. The summed E-state index contributed by atoms with van der Waals surface area (Å²) in [5.74, 6) is -0.132. The molecule has 7 nitrogen and oxygen atoms in total. The number of nitrogens with one attached hydrogen (secondary N) is 2. The Morgan fingerprint density at radius 2 is 1.97 bits per heavy atom. The average Bonchev–Trinajstić information content (AvgIpc) is 3.13. The molecule has 2 heterocycles. The summed E-state index contributed by atoms with van der Waals surface area (Å²) >= 11 is 0. The SMILES string of the molecule is CN(C)C(=O)C=Cc1ccn2c(-c3cccc(NC(=O)NCC(F)(F)F)c3)cnc2c1. The van der Waals surface area contributed by atoms with Crippen LogP contribution in [0.25, 0.3) is 23.0 Å². The quantitative estimate of drug-likeness (QED) is 0.604. The maximum absolute atomic E-state index is 12.2. The zero-order chi connectivity index (χ0) is 22.6. The van der Waals surface area contributed by atoms with Crippen molar-refractivity contribution in [2.75, 3.05) is 26.0 Å². The lowest BCUT2D eigenvalue weighted by Gasteiger charge is -2.10. The molecule has 2 N–H and O–H groups in total. The Morgan fingerprint density at radius 1 is 1.19 bits per heavy atom. The number of benzene rings is 1. The monoisotopic (exact) mass is 431 g/mol. The molecule has 0 aliphatic carbocycles. The summed E-state index contributed by atoms with van der Waals surface area (Å²) in [5.41, 5.74) is 3.24. The van der Waals surface area contributed by atoms with Crippen molar-refractivity contribution < 1.29 is 22.8 Å². The molecule has 0 unspecified atom stereocenters. The van der Waals surface area contributed by atoms with Gasteiger partial charge in [-0.3, -0.25) is 9.20 Å². The smallest absolute Gasteiger partial charge is 0.345 e. The maximum Gasteiger partial charge on any atom is 0.405 e. The standard InChI is InChI=1S/C21H20F3N5O2/c1-28(2)19(30)7-6-14-8-9-29-17(12-25-18(29)10-14)15-4-3-5-16(11-15)27-20(31)26-13-21(22,23)24/h3-12H,13H2,1-2H3,(H2,26,27,31). The minimum atomic E-state index is -4.48. The van der Waals surface area contributed by atoms with E-state index in [2.05, 4.69) is 10.3 Å². The first-order valence-corrected chi connectivity index (χ1v) is 9.21. The van der Waals surface area contributed by atoms with Crippen molar-refractivity contribution in [1.82, 2.24) is 19.6 Å². The molecule has 0 bridgehead atoms. The summed E-state index contributed by atoms with van der Waals surface area (Å²) < 4.78 is 38.5. The van der Waals surface area contributed by atoms with E-state index in [0.717, 1.165) is 11.3 Å². The number of urea groups is 1. The summed E-state index contributed by atoms with van der Waals surface area (Å²) in [4.78, 5) is 29.2. The Hall–Kier alpha value is -3.82. The summed E-state index contributed by atoms with van der Waals surface area (Å²) in [6.45, 7) is -1.41. The van der Waals surface area contributed by atoms with Gasteiger partial charge >= 0.3 is 12.2 Å². The Kier molecular flexibility index (Phi) is 6.28. The van der Waals surface area contributed by atoms with Crippen molar-refractivity contribution in [3.8, 4) is 11.3 Å². The molecule has 162 valence electrons. The summed E-state index contributed by atoms with van der Waals surface area (Å²) in [5, 5.41) is 4.15. The molecule has 10 heteroatoms. The van der Waals surface area contributed by atoms with Gasteiger partial charge < -0.3 is 15.5 Å². The molecule has 0 radical (unpaired) electrons. The lowest BCUT2D eigenvalue weighted by molar-refractivity contribution is -0.124. The largest absolute Gasteiger partial charge is 0.405 e.